The van der Waals surface area contributed by atoms with Crippen LogP contribution < -0.4 is 5.56 Å². The molecule has 5 heteroatoms. The first-order valence-corrected chi connectivity index (χ1v) is 7.40. The number of aromatic nitrogens is 3. The van der Waals surface area contributed by atoms with Gasteiger partial charge in [-0.05, 0) is 42.7 Å². The summed E-state index contributed by atoms with van der Waals surface area (Å²) in [6, 6.07) is 7.99. The summed E-state index contributed by atoms with van der Waals surface area (Å²) in [5.74, 6) is 0.754. The van der Waals surface area contributed by atoms with Crippen molar-refractivity contribution in [3.63, 3.8) is 0 Å². The number of aliphatic hydroxyl groups is 1. The first-order chi connectivity index (χ1) is 10.5. The van der Waals surface area contributed by atoms with Gasteiger partial charge in [0.15, 0.2) is 0 Å². The van der Waals surface area contributed by atoms with E-state index in [0.29, 0.717) is 0 Å². The quantitative estimate of drug-likeness (QED) is 0.748. The molecule has 2 aromatic heterocycles. The number of rotatable bonds is 1. The van der Waals surface area contributed by atoms with Crippen LogP contribution >= 0.6 is 0 Å². The predicted octanol–water partition coefficient (Wildman–Crippen LogP) is 2.15. The standard InChI is InChI=1S/C17H17N3O2/c1-10-7-12(9-19(2)17(10)22)11-3-4-13-14(8-11)20-6-5-15(21)16(20)18-13/h3-4,7-9,15,21H,5-6H2,1-2H3/t15-/m1/s1. The lowest BCUT2D eigenvalue weighted by atomic mass is 10.1. The van der Waals surface area contributed by atoms with E-state index >= 15 is 0 Å². The van der Waals surface area contributed by atoms with Crippen molar-refractivity contribution >= 4 is 11.0 Å². The fraction of sp³-hybridized carbons (Fsp3) is 0.294. The van der Waals surface area contributed by atoms with Gasteiger partial charge in [-0.2, -0.15) is 0 Å². The minimum atomic E-state index is -0.462. The summed E-state index contributed by atoms with van der Waals surface area (Å²) in [6.07, 6.45) is 2.12. The van der Waals surface area contributed by atoms with Gasteiger partial charge in [0, 0.05) is 25.4 Å². The highest BCUT2D eigenvalue weighted by molar-refractivity contribution is 5.83. The van der Waals surface area contributed by atoms with Crippen LogP contribution in [0.1, 0.15) is 23.9 Å². The van der Waals surface area contributed by atoms with E-state index in [1.165, 1.54) is 0 Å². The first-order valence-electron chi connectivity index (χ1n) is 7.40. The number of nitrogens with zero attached hydrogens (tertiary/aromatic N) is 3. The minimum Gasteiger partial charge on any atom is -0.385 e. The molecule has 5 nitrogen and oxygen atoms in total. The third-order valence-corrected chi connectivity index (χ3v) is 4.40. The summed E-state index contributed by atoms with van der Waals surface area (Å²) in [6.45, 7) is 2.63. The highest BCUT2D eigenvalue weighted by Crippen LogP contribution is 2.32. The van der Waals surface area contributed by atoms with Gasteiger partial charge in [0.05, 0.1) is 11.0 Å². The molecule has 3 heterocycles. The topological polar surface area (TPSA) is 60.0 Å². The molecule has 1 aliphatic heterocycles. The summed E-state index contributed by atoms with van der Waals surface area (Å²) >= 11 is 0. The van der Waals surface area contributed by atoms with Crippen LogP contribution in [0.25, 0.3) is 22.2 Å². The maximum atomic E-state index is 11.8. The van der Waals surface area contributed by atoms with E-state index in [-0.39, 0.29) is 5.56 Å². The molecule has 0 bridgehead atoms. The first kappa shape index (κ1) is 13.3. The van der Waals surface area contributed by atoms with Crippen molar-refractivity contribution in [2.45, 2.75) is 26.0 Å². The predicted molar refractivity (Wildman–Crippen MR) is 84.7 cm³/mol. The van der Waals surface area contributed by atoms with Crippen LogP contribution in [0.3, 0.4) is 0 Å². The Hall–Kier alpha value is -2.40. The molecule has 0 spiro atoms. The van der Waals surface area contributed by atoms with Crippen LogP contribution in [0.15, 0.2) is 35.3 Å². The van der Waals surface area contributed by atoms with E-state index in [2.05, 4.69) is 15.6 Å². The normalized spacial score (nSPS) is 17.1. The molecule has 0 saturated heterocycles. The zero-order valence-corrected chi connectivity index (χ0v) is 12.6. The van der Waals surface area contributed by atoms with Crippen LogP contribution in [0.2, 0.25) is 0 Å². The van der Waals surface area contributed by atoms with Gasteiger partial charge >= 0.3 is 0 Å². The summed E-state index contributed by atoms with van der Waals surface area (Å²) in [4.78, 5) is 16.3. The molecule has 1 N–H and O–H groups in total. The molecule has 4 rings (SSSR count). The Morgan fingerprint density at radius 3 is 2.86 bits per heavy atom. The lowest BCUT2D eigenvalue weighted by molar-refractivity contribution is 0.176. The highest BCUT2D eigenvalue weighted by Gasteiger charge is 2.24. The van der Waals surface area contributed by atoms with E-state index in [1.807, 2.05) is 31.3 Å². The third-order valence-electron chi connectivity index (χ3n) is 4.40. The molecule has 1 aliphatic rings. The molecule has 1 aromatic carbocycles. The number of benzene rings is 1. The van der Waals surface area contributed by atoms with Crippen LogP contribution in [0, 0.1) is 6.92 Å². The number of aliphatic hydroxyl groups excluding tert-OH is 1. The molecule has 0 unspecified atom stereocenters. The van der Waals surface area contributed by atoms with Crippen molar-refractivity contribution in [1.82, 2.24) is 14.1 Å². The highest BCUT2D eigenvalue weighted by atomic mass is 16.3. The van der Waals surface area contributed by atoms with Gasteiger partial charge in [0.25, 0.3) is 5.56 Å². The maximum absolute atomic E-state index is 11.8. The Labute approximate surface area is 127 Å². The van der Waals surface area contributed by atoms with Crippen molar-refractivity contribution < 1.29 is 5.11 Å². The zero-order chi connectivity index (χ0) is 15.4. The molecule has 22 heavy (non-hydrogen) atoms. The van der Waals surface area contributed by atoms with E-state index in [0.717, 1.165) is 46.5 Å². The molecular weight excluding hydrogens is 278 g/mol. The maximum Gasteiger partial charge on any atom is 0.253 e. The van der Waals surface area contributed by atoms with Gasteiger partial charge in [-0.15, -0.1) is 0 Å². The average Bonchev–Trinajstić information content (AvgIpc) is 3.04. The largest absolute Gasteiger partial charge is 0.385 e. The average molecular weight is 295 g/mol. The van der Waals surface area contributed by atoms with Crippen molar-refractivity contribution in [3.8, 4) is 11.1 Å². The van der Waals surface area contributed by atoms with Gasteiger partial charge in [0.2, 0.25) is 0 Å². The molecule has 3 aromatic rings. The summed E-state index contributed by atoms with van der Waals surface area (Å²) in [5, 5.41) is 9.95. The number of pyridine rings is 1. The van der Waals surface area contributed by atoms with E-state index in [1.54, 1.807) is 11.6 Å². The molecule has 1 atom stereocenters. The number of fused-ring (bicyclic) bond motifs is 3. The number of hydrogen-bond donors (Lipinski definition) is 1. The van der Waals surface area contributed by atoms with Gasteiger partial charge in [-0.1, -0.05) is 6.07 Å². The molecular formula is C17H17N3O2. The second kappa shape index (κ2) is 4.55. The molecule has 112 valence electrons. The molecule has 0 amide bonds. The van der Waals surface area contributed by atoms with Gasteiger partial charge in [0.1, 0.15) is 11.9 Å². The molecule has 0 fully saturated rings. The fourth-order valence-electron chi connectivity index (χ4n) is 3.23. The molecule has 0 radical (unpaired) electrons. The van der Waals surface area contributed by atoms with Crippen LogP contribution in [-0.4, -0.2) is 19.2 Å². The molecule has 0 saturated carbocycles. The Morgan fingerprint density at radius 1 is 1.27 bits per heavy atom. The van der Waals surface area contributed by atoms with E-state index < -0.39 is 6.10 Å². The van der Waals surface area contributed by atoms with Crippen molar-refractivity contribution in [3.05, 3.63) is 52.2 Å². The van der Waals surface area contributed by atoms with E-state index in [9.17, 15) is 9.90 Å². The van der Waals surface area contributed by atoms with Gasteiger partial charge in [-0.25, -0.2) is 4.98 Å². The summed E-state index contributed by atoms with van der Waals surface area (Å²) in [7, 11) is 1.77. The summed E-state index contributed by atoms with van der Waals surface area (Å²) < 4.78 is 3.69. The smallest absolute Gasteiger partial charge is 0.253 e. The van der Waals surface area contributed by atoms with Crippen molar-refractivity contribution in [2.75, 3.05) is 0 Å². The monoisotopic (exact) mass is 295 g/mol. The minimum absolute atomic E-state index is 0.0261. The Kier molecular flexibility index (Phi) is 2.74. The van der Waals surface area contributed by atoms with Crippen LogP contribution in [0.5, 0.6) is 0 Å². The van der Waals surface area contributed by atoms with Crippen molar-refractivity contribution in [1.29, 1.82) is 0 Å². The molecule has 0 aliphatic carbocycles. The van der Waals surface area contributed by atoms with Gasteiger partial charge < -0.3 is 14.2 Å². The Balaban J connectivity index is 1.92. The Morgan fingerprint density at radius 2 is 2.09 bits per heavy atom. The van der Waals surface area contributed by atoms with Crippen LogP contribution in [-0.2, 0) is 13.6 Å². The second-order valence-corrected chi connectivity index (χ2v) is 5.96. The number of aryl methyl sites for hydroxylation is 3. The lowest BCUT2D eigenvalue weighted by Gasteiger charge is -2.07. The van der Waals surface area contributed by atoms with Crippen molar-refractivity contribution in [2.24, 2.45) is 7.05 Å². The second-order valence-electron chi connectivity index (χ2n) is 5.96. The number of imidazole rings is 1. The zero-order valence-electron chi connectivity index (χ0n) is 12.6. The number of hydrogen-bond acceptors (Lipinski definition) is 3. The third kappa shape index (κ3) is 1.82. The Bertz CT molecular complexity index is 926. The lowest BCUT2D eigenvalue weighted by Crippen LogP contribution is -2.18. The van der Waals surface area contributed by atoms with Crippen LogP contribution in [0.4, 0.5) is 0 Å². The summed E-state index contributed by atoms with van der Waals surface area (Å²) in [5.41, 5.74) is 4.76. The van der Waals surface area contributed by atoms with Gasteiger partial charge in [-0.3, -0.25) is 4.79 Å². The fourth-order valence-corrected chi connectivity index (χ4v) is 3.23. The SMILES string of the molecule is Cc1cc(-c2ccc3nc4n(c3c2)CC[C@H]4O)cn(C)c1=O. The van der Waals surface area contributed by atoms with E-state index in [4.69, 9.17) is 0 Å².